The monoisotopic (exact) mass is 283 g/mol. The van der Waals surface area contributed by atoms with Gasteiger partial charge in [0.25, 0.3) is 0 Å². The Labute approximate surface area is 124 Å². The van der Waals surface area contributed by atoms with E-state index < -0.39 is 0 Å². The molecule has 0 aromatic carbocycles. The predicted molar refractivity (Wildman–Crippen MR) is 84.0 cm³/mol. The van der Waals surface area contributed by atoms with Crippen molar-refractivity contribution in [3.8, 4) is 0 Å². The van der Waals surface area contributed by atoms with Crippen molar-refractivity contribution in [3.05, 3.63) is 47.5 Å². The summed E-state index contributed by atoms with van der Waals surface area (Å²) in [5, 5.41) is 5.75. The summed E-state index contributed by atoms with van der Waals surface area (Å²) in [5.74, 6) is 0. The molecule has 0 aliphatic rings. The Morgan fingerprint density at radius 2 is 2.14 bits per heavy atom. The van der Waals surface area contributed by atoms with Crippen LogP contribution in [0.15, 0.2) is 30.6 Å². The first-order valence-corrected chi connectivity index (χ1v) is 7.45. The van der Waals surface area contributed by atoms with Crippen LogP contribution in [0.1, 0.15) is 30.8 Å². The minimum Gasteiger partial charge on any atom is -0.326 e. The van der Waals surface area contributed by atoms with Crippen LogP contribution in [0.25, 0.3) is 11.0 Å². The van der Waals surface area contributed by atoms with Crippen LogP contribution in [0, 0.1) is 0 Å². The fraction of sp³-hybridized carbons (Fsp3) is 0.375. The highest BCUT2D eigenvalue weighted by atomic mass is 15.3. The highest BCUT2D eigenvalue weighted by Gasteiger charge is 2.11. The molecule has 21 heavy (non-hydrogen) atoms. The van der Waals surface area contributed by atoms with Crippen LogP contribution in [0.3, 0.4) is 0 Å². The first-order valence-electron chi connectivity index (χ1n) is 7.45. The largest absolute Gasteiger partial charge is 0.326 e. The highest BCUT2D eigenvalue weighted by Crippen LogP contribution is 2.20. The molecule has 5 nitrogen and oxygen atoms in total. The third-order valence-electron chi connectivity index (χ3n) is 3.84. The molecule has 0 radical (unpaired) electrons. The zero-order valence-corrected chi connectivity index (χ0v) is 12.6. The van der Waals surface area contributed by atoms with Crippen molar-refractivity contribution in [1.82, 2.24) is 19.3 Å². The first kappa shape index (κ1) is 13.8. The van der Waals surface area contributed by atoms with Crippen LogP contribution < -0.4 is 5.73 Å². The van der Waals surface area contributed by atoms with Gasteiger partial charge in [-0.15, -0.1) is 0 Å². The summed E-state index contributed by atoms with van der Waals surface area (Å²) in [6, 6.07) is 6.22. The van der Waals surface area contributed by atoms with E-state index in [4.69, 9.17) is 5.73 Å². The van der Waals surface area contributed by atoms with Crippen LogP contribution in [0.5, 0.6) is 0 Å². The number of pyridine rings is 1. The molecule has 0 aliphatic heterocycles. The van der Waals surface area contributed by atoms with Gasteiger partial charge in [-0.1, -0.05) is 6.92 Å². The second kappa shape index (κ2) is 5.69. The molecule has 0 fully saturated rings. The quantitative estimate of drug-likeness (QED) is 0.781. The van der Waals surface area contributed by atoms with Gasteiger partial charge in [-0.3, -0.25) is 4.68 Å². The maximum atomic E-state index is 5.85. The molecule has 3 aromatic heterocycles. The first-order chi connectivity index (χ1) is 10.3. The van der Waals surface area contributed by atoms with Gasteiger partial charge in [-0.2, -0.15) is 5.10 Å². The van der Waals surface area contributed by atoms with Crippen molar-refractivity contribution in [2.45, 2.75) is 39.9 Å². The summed E-state index contributed by atoms with van der Waals surface area (Å²) in [7, 11) is 0. The number of fused-ring (bicyclic) bond motifs is 1. The van der Waals surface area contributed by atoms with E-state index in [0.717, 1.165) is 41.8 Å². The average molecular weight is 283 g/mol. The van der Waals surface area contributed by atoms with E-state index >= 15 is 0 Å². The molecule has 0 saturated heterocycles. The molecule has 110 valence electrons. The van der Waals surface area contributed by atoms with Gasteiger partial charge in [-0.25, -0.2) is 4.98 Å². The van der Waals surface area contributed by atoms with Crippen LogP contribution in [0.2, 0.25) is 0 Å². The average Bonchev–Trinajstić information content (AvgIpc) is 3.09. The maximum Gasteiger partial charge on any atom is 0.140 e. The lowest BCUT2D eigenvalue weighted by Gasteiger charge is -2.06. The second-order valence-electron chi connectivity index (χ2n) is 5.16. The fourth-order valence-electron chi connectivity index (χ4n) is 2.74. The summed E-state index contributed by atoms with van der Waals surface area (Å²) < 4.78 is 4.23. The summed E-state index contributed by atoms with van der Waals surface area (Å²) in [6.07, 6.45) is 4.89. The number of hydrogen-bond donors (Lipinski definition) is 1. The van der Waals surface area contributed by atoms with Gasteiger partial charge in [-0.05, 0) is 37.1 Å². The SMILES string of the molecule is CCc1cc(Cn2cc(CN)c3cccnc32)n(CC)n1. The minimum atomic E-state index is 0.530. The standard InChI is InChI=1S/C16H21N5/c1-3-13-8-14(21(4-2)19-13)11-20-10-12(9-17)15-6-5-7-18-16(15)20/h5-8,10H,3-4,9,11,17H2,1-2H3. The Bertz CT molecular complexity index is 753. The molecule has 5 heteroatoms. The number of aryl methyl sites for hydroxylation is 2. The van der Waals surface area contributed by atoms with E-state index in [1.54, 1.807) is 0 Å². The van der Waals surface area contributed by atoms with E-state index in [0.29, 0.717) is 6.54 Å². The second-order valence-corrected chi connectivity index (χ2v) is 5.16. The molecule has 0 bridgehead atoms. The third kappa shape index (κ3) is 2.45. The molecular weight excluding hydrogens is 262 g/mol. The number of aromatic nitrogens is 4. The Hall–Kier alpha value is -2.14. The number of nitrogens with zero attached hydrogens (tertiary/aromatic N) is 4. The van der Waals surface area contributed by atoms with Crippen LogP contribution in [-0.2, 0) is 26.1 Å². The zero-order chi connectivity index (χ0) is 14.8. The molecule has 0 saturated carbocycles. The molecule has 0 aliphatic carbocycles. The molecular formula is C16H21N5. The smallest absolute Gasteiger partial charge is 0.140 e. The summed E-state index contributed by atoms with van der Waals surface area (Å²) >= 11 is 0. The molecule has 0 unspecified atom stereocenters. The number of hydrogen-bond acceptors (Lipinski definition) is 3. The van der Waals surface area contributed by atoms with Crippen LogP contribution >= 0.6 is 0 Å². The van der Waals surface area contributed by atoms with Gasteiger partial charge in [0.05, 0.1) is 17.9 Å². The van der Waals surface area contributed by atoms with Crippen molar-refractivity contribution in [1.29, 1.82) is 0 Å². The Morgan fingerprint density at radius 1 is 1.29 bits per heavy atom. The predicted octanol–water partition coefficient (Wildman–Crippen LogP) is 2.32. The zero-order valence-electron chi connectivity index (χ0n) is 12.6. The van der Waals surface area contributed by atoms with Gasteiger partial charge in [0.1, 0.15) is 5.65 Å². The van der Waals surface area contributed by atoms with E-state index in [1.807, 2.05) is 12.3 Å². The molecule has 2 N–H and O–H groups in total. The number of rotatable bonds is 5. The Morgan fingerprint density at radius 3 is 2.86 bits per heavy atom. The molecule has 3 rings (SSSR count). The lowest BCUT2D eigenvalue weighted by molar-refractivity contribution is 0.598. The van der Waals surface area contributed by atoms with Crippen molar-refractivity contribution >= 4 is 11.0 Å². The lowest BCUT2D eigenvalue weighted by atomic mass is 10.2. The van der Waals surface area contributed by atoms with Crippen molar-refractivity contribution in [3.63, 3.8) is 0 Å². The van der Waals surface area contributed by atoms with Gasteiger partial charge in [0.15, 0.2) is 0 Å². The van der Waals surface area contributed by atoms with Crippen LogP contribution in [-0.4, -0.2) is 19.3 Å². The molecule has 3 aromatic rings. The summed E-state index contributed by atoms with van der Waals surface area (Å²) in [4.78, 5) is 4.51. The third-order valence-corrected chi connectivity index (χ3v) is 3.84. The summed E-state index contributed by atoms with van der Waals surface area (Å²) in [6.45, 7) is 6.43. The van der Waals surface area contributed by atoms with E-state index in [-0.39, 0.29) is 0 Å². The Kier molecular flexibility index (Phi) is 3.75. The topological polar surface area (TPSA) is 61.7 Å². The molecule has 0 atom stereocenters. The minimum absolute atomic E-state index is 0.530. The lowest BCUT2D eigenvalue weighted by Crippen LogP contribution is -2.07. The molecule has 3 heterocycles. The van der Waals surface area contributed by atoms with Crippen molar-refractivity contribution < 1.29 is 0 Å². The van der Waals surface area contributed by atoms with Gasteiger partial charge in [0, 0.05) is 30.9 Å². The van der Waals surface area contributed by atoms with E-state index in [1.165, 1.54) is 5.69 Å². The van der Waals surface area contributed by atoms with Gasteiger partial charge < -0.3 is 10.3 Å². The number of nitrogens with two attached hydrogens (primary N) is 1. The van der Waals surface area contributed by atoms with Crippen molar-refractivity contribution in [2.75, 3.05) is 0 Å². The van der Waals surface area contributed by atoms with E-state index in [9.17, 15) is 0 Å². The molecule has 0 amide bonds. The molecule has 0 spiro atoms. The summed E-state index contributed by atoms with van der Waals surface area (Å²) in [5.41, 5.74) is 10.3. The Balaban J connectivity index is 2.04. The van der Waals surface area contributed by atoms with Gasteiger partial charge >= 0.3 is 0 Å². The van der Waals surface area contributed by atoms with Gasteiger partial charge in [0.2, 0.25) is 0 Å². The van der Waals surface area contributed by atoms with Crippen LogP contribution in [0.4, 0.5) is 0 Å². The fourth-order valence-corrected chi connectivity index (χ4v) is 2.74. The normalized spacial score (nSPS) is 11.4. The maximum absolute atomic E-state index is 5.85. The highest BCUT2D eigenvalue weighted by molar-refractivity contribution is 5.80. The van der Waals surface area contributed by atoms with E-state index in [2.05, 4.69) is 51.5 Å². The van der Waals surface area contributed by atoms with Crippen molar-refractivity contribution in [2.24, 2.45) is 5.73 Å².